The molecule has 0 aliphatic rings. The van der Waals surface area contributed by atoms with Crippen molar-refractivity contribution < 1.29 is 9.90 Å². The van der Waals surface area contributed by atoms with Crippen LogP contribution >= 0.6 is 11.6 Å². The zero-order valence-electron chi connectivity index (χ0n) is 10.9. The van der Waals surface area contributed by atoms with E-state index >= 15 is 0 Å². The van der Waals surface area contributed by atoms with Crippen LogP contribution in [-0.2, 0) is 11.2 Å². The summed E-state index contributed by atoms with van der Waals surface area (Å²) < 4.78 is 0. The van der Waals surface area contributed by atoms with E-state index in [-0.39, 0.29) is 0 Å². The number of hydrogen-bond donors (Lipinski definition) is 2. The van der Waals surface area contributed by atoms with Crippen LogP contribution in [0.4, 0.5) is 5.69 Å². The fourth-order valence-electron chi connectivity index (χ4n) is 1.98. The lowest BCUT2D eigenvalue weighted by Crippen LogP contribution is -2.29. The van der Waals surface area contributed by atoms with E-state index in [4.69, 9.17) is 11.6 Å². The second-order valence-electron chi connectivity index (χ2n) is 4.54. The van der Waals surface area contributed by atoms with E-state index in [0.717, 1.165) is 5.56 Å². The molecule has 3 nitrogen and oxygen atoms in total. The highest BCUT2D eigenvalue weighted by atomic mass is 35.5. The summed E-state index contributed by atoms with van der Waals surface area (Å²) in [7, 11) is 0. The van der Waals surface area contributed by atoms with Crippen molar-refractivity contribution in [1.29, 1.82) is 0 Å². The molecule has 0 fully saturated rings. The van der Waals surface area contributed by atoms with Gasteiger partial charge in [0.1, 0.15) is 6.04 Å². The number of anilines is 1. The number of aryl methyl sites for hydroxylation is 1. The Morgan fingerprint density at radius 2 is 1.75 bits per heavy atom. The molecule has 104 valence electrons. The molecule has 2 rings (SSSR count). The average molecular weight is 290 g/mol. The number of halogens is 1. The van der Waals surface area contributed by atoms with Crippen molar-refractivity contribution in [2.24, 2.45) is 0 Å². The van der Waals surface area contributed by atoms with Crippen LogP contribution in [0.25, 0.3) is 0 Å². The summed E-state index contributed by atoms with van der Waals surface area (Å²) in [5.74, 6) is -0.874. The number of carboxylic acids is 1. The summed E-state index contributed by atoms with van der Waals surface area (Å²) in [6, 6.07) is 16.3. The molecule has 1 atom stereocenters. The Balaban J connectivity index is 2.01. The maximum absolute atomic E-state index is 11.3. The molecule has 0 bridgehead atoms. The monoisotopic (exact) mass is 289 g/mol. The summed E-state index contributed by atoms with van der Waals surface area (Å²) in [5.41, 5.74) is 1.77. The largest absolute Gasteiger partial charge is 0.480 e. The third-order valence-electron chi connectivity index (χ3n) is 3.07. The fourth-order valence-corrected chi connectivity index (χ4v) is 2.17. The average Bonchev–Trinajstić information content (AvgIpc) is 2.46. The highest BCUT2D eigenvalue weighted by Crippen LogP contribution is 2.22. The molecule has 0 saturated carbocycles. The molecule has 0 heterocycles. The summed E-state index contributed by atoms with van der Waals surface area (Å²) in [5, 5.41) is 12.8. The number of para-hydroxylation sites is 1. The molecular formula is C16H16ClNO2. The number of hydrogen-bond acceptors (Lipinski definition) is 2. The van der Waals surface area contributed by atoms with Crippen molar-refractivity contribution in [3.63, 3.8) is 0 Å². The Kier molecular flexibility index (Phi) is 5.02. The number of nitrogens with one attached hydrogen (secondary N) is 1. The van der Waals surface area contributed by atoms with Crippen molar-refractivity contribution in [2.45, 2.75) is 18.9 Å². The van der Waals surface area contributed by atoms with Gasteiger partial charge in [0.15, 0.2) is 0 Å². The number of rotatable bonds is 6. The Morgan fingerprint density at radius 1 is 1.10 bits per heavy atom. The van der Waals surface area contributed by atoms with Gasteiger partial charge in [-0.05, 0) is 30.5 Å². The van der Waals surface area contributed by atoms with E-state index < -0.39 is 12.0 Å². The minimum absolute atomic E-state index is 0.505. The molecule has 2 aromatic rings. The first-order chi connectivity index (χ1) is 9.66. The molecule has 0 aliphatic carbocycles. The molecular weight excluding hydrogens is 274 g/mol. The van der Waals surface area contributed by atoms with Crippen LogP contribution in [0.2, 0.25) is 5.02 Å². The van der Waals surface area contributed by atoms with Gasteiger partial charge in [0.2, 0.25) is 0 Å². The molecule has 0 aliphatic heterocycles. The van der Waals surface area contributed by atoms with E-state index in [9.17, 15) is 9.90 Å². The van der Waals surface area contributed by atoms with E-state index in [2.05, 4.69) is 5.32 Å². The zero-order valence-corrected chi connectivity index (χ0v) is 11.7. The molecule has 0 aromatic heterocycles. The van der Waals surface area contributed by atoms with E-state index in [1.165, 1.54) is 0 Å². The minimum atomic E-state index is -0.874. The van der Waals surface area contributed by atoms with E-state index in [1.54, 1.807) is 12.1 Å². The van der Waals surface area contributed by atoms with Gasteiger partial charge in [-0.2, -0.15) is 0 Å². The Hall–Kier alpha value is -2.00. The first-order valence-corrected chi connectivity index (χ1v) is 6.82. The number of aliphatic carboxylic acids is 1. The van der Waals surface area contributed by atoms with Gasteiger partial charge in [-0.25, -0.2) is 4.79 Å². The fraction of sp³-hybridized carbons (Fsp3) is 0.188. The van der Waals surface area contributed by atoms with E-state index in [1.807, 2.05) is 42.5 Å². The van der Waals surface area contributed by atoms with Crippen LogP contribution in [0.1, 0.15) is 12.0 Å². The molecule has 0 amide bonds. The third kappa shape index (κ3) is 4.00. The van der Waals surface area contributed by atoms with E-state index in [0.29, 0.717) is 23.6 Å². The normalized spacial score (nSPS) is 11.8. The lowest BCUT2D eigenvalue weighted by molar-refractivity contribution is -0.138. The summed E-state index contributed by atoms with van der Waals surface area (Å²) in [4.78, 5) is 11.3. The molecule has 0 spiro atoms. The minimum Gasteiger partial charge on any atom is -0.480 e. The predicted octanol–water partition coefficient (Wildman–Crippen LogP) is 3.84. The quantitative estimate of drug-likeness (QED) is 0.849. The topological polar surface area (TPSA) is 49.3 Å². The van der Waals surface area contributed by atoms with Crippen molar-refractivity contribution >= 4 is 23.3 Å². The van der Waals surface area contributed by atoms with Gasteiger partial charge in [0.25, 0.3) is 0 Å². The van der Waals surface area contributed by atoms with Crippen molar-refractivity contribution in [3.8, 4) is 0 Å². The number of carbonyl (C=O) groups is 1. The summed E-state index contributed by atoms with van der Waals surface area (Å²) in [6.07, 6.45) is 1.21. The van der Waals surface area contributed by atoms with Gasteiger partial charge in [0, 0.05) is 0 Å². The first-order valence-electron chi connectivity index (χ1n) is 6.44. The molecule has 4 heteroatoms. The molecule has 0 radical (unpaired) electrons. The van der Waals surface area contributed by atoms with Crippen LogP contribution in [0.3, 0.4) is 0 Å². The van der Waals surface area contributed by atoms with Gasteiger partial charge < -0.3 is 10.4 Å². The Morgan fingerprint density at radius 3 is 2.40 bits per heavy atom. The molecule has 20 heavy (non-hydrogen) atoms. The SMILES string of the molecule is O=C(O)C(CCc1ccccc1)Nc1ccccc1Cl. The van der Waals surface area contributed by atoms with Crippen LogP contribution in [0.15, 0.2) is 54.6 Å². The second kappa shape index (κ2) is 6.96. The molecule has 2 N–H and O–H groups in total. The Bertz CT molecular complexity index is 572. The Labute approximate surface area is 123 Å². The third-order valence-corrected chi connectivity index (χ3v) is 3.40. The van der Waals surface area contributed by atoms with Crippen molar-refractivity contribution in [1.82, 2.24) is 0 Å². The second-order valence-corrected chi connectivity index (χ2v) is 4.95. The number of carboxylic acid groups (broad SMARTS) is 1. The standard InChI is InChI=1S/C16H16ClNO2/c17-13-8-4-5-9-14(13)18-15(16(19)20)11-10-12-6-2-1-3-7-12/h1-9,15,18H,10-11H2,(H,19,20). The van der Waals surface area contributed by atoms with Crippen molar-refractivity contribution in [2.75, 3.05) is 5.32 Å². The van der Waals surface area contributed by atoms with Crippen LogP contribution in [-0.4, -0.2) is 17.1 Å². The van der Waals surface area contributed by atoms with Crippen LogP contribution < -0.4 is 5.32 Å². The summed E-state index contributed by atoms with van der Waals surface area (Å²) >= 11 is 6.03. The highest BCUT2D eigenvalue weighted by Gasteiger charge is 2.17. The first kappa shape index (κ1) is 14.4. The van der Waals surface area contributed by atoms with Gasteiger partial charge in [0.05, 0.1) is 10.7 Å². The van der Waals surface area contributed by atoms with Gasteiger partial charge in [-0.15, -0.1) is 0 Å². The molecule has 1 unspecified atom stereocenters. The number of benzene rings is 2. The smallest absolute Gasteiger partial charge is 0.326 e. The van der Waals surface area contributed by atoms with Gasteiger partial charge in [-0.1, -0.05) is 54.1 Å². The van der Waals surface area contributed by atoms with Crippen molar-refractivity contribution in [3.05, 3.63) is 65.2 Å². The van der Waals surface area contributed by atoms with Gasteiger partial charge in [-0.3, -0.25) is 0 Å². The highest BCUT2D eigenvalue weighted by molar-refractivity contribution is 6.33. The predicted molar refractivity (Wildman–Crippen MR) is 81.3 cm³/mol. The molecule has 2 aromatic carbocycles. The van der Waals surface area contributed by atoms with Gasteiger partial charge >= 0.3 is 5.97 Å². The summed E-state index contributed by atoms with van der Waals surface area (Å²) in [6.45, 7) is 0. The van der Waals surface area contributed by atoms with Crippen LogP contribution in [0, 0.1) is 0 Å². The lowest BCUT2D eigenvalue weighted by Gasteiger charge is -2.16. The zero-order chi connectivity index (χ0) is 14.4. The molecule has 0 saturated heterocycles. The maximum atomic E-state index is 11.3. The lowest BCUT2D eigenvalue weighted by atomic mass is 10.1. The van der Waals surface area contributed by atoms with Crippen LogP contribution in [0.5, 0.6) is 0 Å². The maximum Gasteiger partial charge on any atom is 0.326 e.